The maximum atomic E-state index is 6.22. The number of hydrogen-bond donors (Lipinski definition) is 0. The lowest BCUT2D eigenvalue weighted by molar-refractivity contribution is 0.669. The Bertz CT molecular complexity index is 4240. The van der Waals surface area contributed by atoms with E-state index < -0.39 is 0 Å². The minimum absolute atomic E-state index is 0.827. The Morgan fingerprint density at radius 2 is 1.05 bits per heavy atom. The minimum Gasteiger partial charge on any atom is -0.456 e. The number of rotatable bonds is 5. The highest BCUT2D eigenvalue weighted by Crippen LogP contribution is 2.44. The van der Waals surface area contributed by atoms with E-state index in [-0.39, 0.29) is 0 Å². The Balaban J connectivity index is 1.10. The van der Waals surface area contributed by atoms with Crippen LogP contribution in [0.25, 0.3) is 132 Å². The first-order valence-corrected chi connectivity index (χ1v) is 21.9. The van der Waals surface area contributed by atoms with Gasteiger partial charge in [-0.3, -0.25) is 14.5 Å². The molecule has 0 aliphatic rings. The van der Waals surface area contributed by atoms with E-state index >= 15 is 0 Å². The SMILES string of the molecule is c1ccc(-c2ccc3c(c2)c2ccc4c5cc(-c6ccccc6)ccc5n(-c5cccc(-c6ccc7oc8ccccc8c7c6)n5)c4c2n3-c2cnc3ccc4cccnc4c3c2)cc1. The van der Waals surface area contributed by atoms with Crippen LogP contribution in [-0.4, -0.2) is 24.1 Å². The predicted octanol–water partition coefficient (Wildman–Crippen LogP) is 15.3. The van der Waals surface area contributed by atoms with Gasteiger partial charge >= 0.3 is 0 Å². The summed E-state index contributed by atoms with van der Waals surface area (Å²) in [7, 11) is 0. The summed E-state index contributed by atoms with van der Waals surface area (Å²) >= 11 is 0. The molecule has 0 amide bonds. The summed E-state index contributed by atoms with van der Waals surface area (Å²) in [5, 5.41) is 8.83. The van der Waals surface area contributed by atoms with Crippen LogP contribution in [0.2, 0.25) is 0 Å². The first-order chi connectivity index (χ1) is 32.2. The molecule has 0 bridgehead atoms. The van der Waals surface area contributed by atoms with Gasteiger partial charge in [0, 0.05) is 54.9 Å². The first-order valence-electron chi connectivity index (χ1n) is 21.9. The molecule has 8 aromatic carbocycles. The number of nitrogens with zero attached hydrogens (tertiary/aromatic N) is 5. The fourth-order valence-electron chi connectivity index (χ4n) is 10.2. The van der Waals surface area contributed by atoms with E-state index in [1.54, 1.807) is 0 Å². The van der Waals surface area contributed by atoms with Crippen LogP contribution in [0.4, 0.5) is 0 Å². The maximum absolute atomic E-state index is 6.22. The van der Waals surface area contributed by atoms with E-state index in [1.165, 1.54) is 11.1 Å². The van der Waals surface area contributed by atoms with Gasteiger partial charge < -0.3 is 8.98 Å². The van der Waals surface area contributed by atoms with Crippen molar-refractivity contribution in [1.29, 1.82) is 0 Å². The normalized spacial score (nSPS) is 12.0. The van der Waals surface area contributed by atoms with Crippen LogP contribution in [-0.2, 0) is 0 Å². The maximum Gasteiger partial charge on any atom is 0.138 e. The molecule has 14 aromatic rings. The third-order valence-corrected chi connectivity index (χ3v) is 13.2. The van der Waals surface area contributed by atoms with E-state index in [1.807, 2.05) is 30.6 Å². The average molecular weight is 830 g/mol. The third kappa shape index (κ3) is 5.44. The van der Waals surface area contributed by atoms with E-state index in [4.69, 9.17) is 19.4 Å². The number of aromatic nitrogens is 5. The Morgan fingerprint density at radius 3 is 1.82 bits per heavy atom. The van der Waals surface area contributed by atoms with E-state index in [9.17, 15) is 0 Å². The Kier molecular flexibility index (Phi) is 7.59. The van der Waals surface area contributed by atoms with Crippen molar-refractivity contribution >= 4 is 87.4 Å². The summed E-state index contributed by atoms with van der Waals surface area (Å²) in [6.07, 6.45) is 3.87. The number of pyridine rings is 3. The molecule has 6 nitrogen and oxygen atoms in total. The number of para-hydroxylation sites is 1. The summed E-state index contributed by atoms with van der Waals surface area (Å²) in [6, 6.07) is 71.1. The molecule has 6 aromatic heterocycles. The lowest BCUT2D eigenvalue weighted by Crippen LogP contribution is -2.01. The zero-order valence-electron chi connectivity index (χ0n) is 34.9. The van der Waals surface area contributed by atoms with Crippen molar-refractivity contribution in [3.05, 3.63) is 213 Å². The summed E-state index contributed by atoms with van der Waals surface area (Å²) in [5.41, 5.74) is 15.4. The minimum atomic E-state index is 0.827. The van der Waals surface area contributed by atoms with Gasteiger partial charge in [-0.1, -0.05) is 121 Å². The van der Waals surface area contributed by atoms with Gasteiger partial charge in [0.25, 0.3) is 0 Å². The van der Waals surface area contributed by atoms with Crippen molar-refractivity contribution in [1.82, 2.24) is 24.1 Å². The van der Waals surface area contributed by atoms with Crippen molar-refractivity contribution in [2.24, 2.45) is 0 Å². The zero-order chi connectivity index (χ0) is 42.6. The topological polar surface area (TPSA) is 61.7 Å². The fourth-order valence-corrected chi connectivity index (χ4v) is 10.2. The molecular weight excluding hydrogens is 795 g/mol. The smallest absolute Gasteiger partial charge is 0.138 e. The second-order valence-electron chi connectivity index (χ2n) is 16.8. The number of furan rings is 1. The standard InChI is InChI=1S/C59H35N5O/c1-3-11-36(12-4-1)39-21-27-52-46(31-39)44-24-25-45-47-32-40(37-13-5-2-6-14-37)22-28-53(47)64(56-19-9-17-50(62-56)41-23-29-55-48(33-41)43-16-7-8-18-54(43)65-55)59(45)58(44)63(52)42-34-49-51(61-35-42)26-20-38-15-10-30-60-57(38)49/h1-35H. The van der Waals surface area contributed by atoms with Crippen LogP contribution >= 0.6 is 0 Å². The van der Waals surface area contributed by atoms with Crippen LogP contribution < -0.4 is 0 Å². The van der Waals surface area contributed by atoms with Gasteiger partial charge in [-0.05, 0) is 101 Å². The van der Waals surface area contributed by atoms with Gasteiger partial charge in [-0.2, -0.15) is 0 Å². The highest BCUT2D eigenvalue weighted by molar-refractivity contribution is 6.24. The summed E-state index contributed by atoms with van der Waals surface area (Å²) in [6.45, 7) is 0. The van der Waals surface area contributed by atoms with Crippen molar-refractivity contribution in [3.63, 3.8) is 0 Å². The molecule has 0 N–H and O–H groups in total. The fraction of sp³-hybridized carbons (Fsp3) is 0. The summed E-state index contributed by atoms with van der Waals surface area (Å²) < 4.78 is 11.0. The molecule has 14 rings (SSSR count). The lowest BCUT2D eigenvalue weighted by atomic mass is 10.0. The quantitative estimate of drug-likeness (QED) is 0.162. The molecular formula is C59H35N5O. The molecule has 6 heteroatoms. The van der Waals surface area contributed by atoms with Gasteiger partial charge in [-0.25, -0.2) is 4.98 Å². The highest BCUT2D eigenvalue weighted by Gasteiger charge is 2.24. The molecule has 0 aliphatic carbocycles. The van der Waals surface area contributed by atoms with Crippen LogP contribution in [0.5, 0.6) is 0 Å². The number of fused-ring (bicyclic) bond motifs is 13. The second-order valence-corrected chi connectivity index (χ2v) is 16.8. The Labute approximate surface area is 371 Å². The molecule has 0 atom stereocenters. The van der Waals surface area contributed by atoms with E-state index in [0.717, 1.165) is 121 Å². The van der Waals surface area contributed by atoms with E-state index in [0.29, 0.717) is 0 Å². The Morgan fingerprint density at radius 1 is 0.385 bits per heavy atom. The predicted molar refractivity (Wildman–Crippen MR) is 267 cm³/mol. The summed E-state index contributed by atoms with van der Waals surface area (Å²) in [5.74, 6) is 0.827. The molecule has 0 radical (unpaired) electrons. The molecule has 0 saturated heterocycles. The van der Waals surface area contributed by atoms with Crippen LogP contribution in [0.3, 0.4) is 0 Å². The summed E-state index contributed by atoms with van der Waals surface area (Å²) in [4.78, 5) is 15.5. The molecule has 0 fully saturated rings. The molecule has 0 unspecified atom stereocenters. The van der Waals surface area contributed by atoms with Crippen molar-refractivity contribution < 1.29 is 4.42 Å². The molecule has 6 heterocycles. The lowest BCUT2D eigenvalue weighted by Gasteiger charge is -2.13. The zero-order valence-corrected chi connectivity index (χ0v) is 34.9. The van der Waals surface area contributed by atoms with E-state index in [2.05, 4.69) is 191 Å². The van der Waals surface area contributed by atoms with Gasteiger partial charge in [0.1, 0.15) is 17.0 Å². The molecule has 0 spiro atoms. The first kappa shape index (κ1) is 35.7. The largest absolute Gasteiger partial charge is 0.456 e. The van der Waals surface area contributed by atoms with Crippen molar-refractivity contribution in [2.75, 3.05) is 0 Å². The monoisotopic (exact) mass is 829 g/mol. The Hall–Kier alpha value is -8.87. The number of benzene rings is 8. The molecule has 0 saturated carbocycles. The van der Waals surface area contributed by atoms with Crippen LogP contribution in [0.1, 0.15) is 0 Å². The third-order valence-electron chi connectivity index (χ3n) is 13.2. The second kappa shape index (κ2) is 13.8. The average Bonchev–Trinajstić information content (AvgIpc) is 4.04. The highest BCUT2D eigenvalue weighted by atomic mass is 16.3. The number of hydrogen-bond acceptors (Lipinski definition) is 4. The van der Waals surface area contributed by atoms with Crippen LogP contribution in [0.15, 0.2) is 217 Å². The van der Waals surface area contributed by atoms with Crippen molar-refractivity contribution in [2.45, 2.75) is 0 Å². The molecule has 0 aliphatic heterocycles. The van der Waals surface area contributed by atoms with Crippen LogP contribution in [0, 0.1) is 0 Å². The van der Waals surface area contributed by atoms with Crippen molar-refractivity contribution in [3.8, 4) is 45.0 Å². The van der Waals surface area contributed by atoms with Gasteiger partial charge in [-0.15, -0.1) is 0 Å². The van der Waals surface area contributed by atoms with Gasteiger partial charge in [0.05, 0.1) is 50.7 Å². The molecule has 302 valence electrons. The molecule has 65 heavy (non-hydrogen) atoms. The van der Waals surface area contributed by atoms with Gasteiger partial charge in [0.15, 0.2) is 0 Å². The van der Waals surface area contributed by atoms with Gasteiger partial charge in [0.2, 0.25) is 0 Å².